The van der Waals surface area contributed by atoms with Gasteiger partial charge in [0.2, 0.25) is 5.91 Å². The Balaban J connectivity index is 1.85. The number of nitrogens with zero attached hydrogens (tertiary/aromatic N) is 1. The van der Waals surface area contributed by atoms with Gasteiger partial charge in [0.1, 0.15) is 5.54 Å². The normalized spacial score (nSPS) is 24.3. The fourth-order valence-corrected chi connectivity index (χ4v) is 2.99. The molecule has 0 atom stereocenters. The maximum Gasteiger partial charge on any atom is 0.329 e. The largest absolute Gasteiger partial charge is 0.480 e. The van der Waals surface area contributed by atoms with Gasteiger partial charge in [0.15, 0.2) is 0 Å². The topological polar surface area (TPSA) is 95.7 Å². The summed E-state index contributed by atoms with van der Waals surface area (Å²) < 4.78 is 0. The number of rotatable bonds is 4. The SMILES string of the molecule is NC1CCN(CC(=O)NC2(C(=O)O)CCCC2)CC1. The Hall–Kier alpha value is -1.14. The van der Waals surface area contributed by atoms with Gasteiger partial charge in [-0.15, -0.1) is 0 Å². The number of carboxylic acids is 1. The highest BCUT2D eigenvalue weighted by Gasteiger charge is 2.42. The smallest absolute Gasteiger partial charge is 0.329 e. The van der Waals surface area contributed by atoms with Crippen molar-refractivity contribution in [3.63, 3.8) is 0 Å². The Morgan fingerprint density at radius 2 is 1.84 bits per heavy atom. The molecule has 6 nitrogen and oxygen atoms in total. The van der Waals surface area contributed by atoms with Crippen LogP contribution < -0.4 is 11.1 Å². The molecule has 1 aliphatic carbocycles. The van der Waals surface area contributed by atoms with E-state index in [1.165, 1.54) is 0 Å². The Kier molecular flexibility index (Phi) is 4.42. The average Bonchev–Trinajstić information content (AvgIpc) is 2.82. The van der Waals surface area contributed by atoms with Gasteiger partial charge in [-0.1, -0.05) is 12.8 Å². The second kappa shape index (κ2) is 5.88. The highest BCUT2D eigenvalue weighted by molar-refractivity contribution is 5.88. The van der Waals surface area contributed by atoms with E-state index in [2.05, 4.69) is 5.32 Å². The van der Waals surface area contributed by atoms with Crippen molar-refractivity contribution in [1.82, 2.24) is 10.2 Å². The van der Waals surface area contributed by atoms with Gasteiger partial charge in [-0.3, -0.25) is 9.69 Å². The number of piperidine rings is 1. The van der Waals surface area contributed by atoms with Crippen LogP contribution in [0.5, 0.6) is 0 Å². The predicted molar refractivity (Wildman–Crippen MR) is 70.6 cm³/mol. The van der Waals surface area contributed by atoms with E-state index in [9.17, 15) is 14.7 Å². The van der Waals surface area contributed by atoms with Crippen LogP contribution in [-0.4, -0.2) is 53.1 Å². The standard InChI is InChI=1S/C13H23N3O3/c14-10-3-7-16(8-4-10)9-11(17)15-13(12(18)19)5-1-2-6-13/h10H,1-9,14H2,(H,15,17)(H,18,19). The van der Waals surface area contributed by atoms with Crippen LogP contribution in [0.1, 0.15) is 38.5 Å². The molecule has 6 heteroatoms. The number of aliphatic carboxylic acids is 1. The van der Waals surface area contributed by atoms with E-state index in [1.54, 1.807) is 0 Å². The molecule has 1 heterocycles. The Morgan fingerprint density at radius 1 is 1.26 bits per heavy atom. The average molecular weight is 269 g/mol. The summed E-state index contributed by atoms with van der Waals surface area (Å²) in [6.07, 6.45) is 4.61. The molecule has 0 aromatic rings. The lowest BCUT2D eigenvalue weighted by molar-refractivity contribution is -0.147. The van der Waals surface area contributed by atoms with Crippen LogP contribution in [0, 0.1) is 0 Å². The third-order valence-electron chi connectivity index (χ3n) is 4.24. The summed E-state index contributed by atoms with van der Waals surface area (Å²) in [5.41, 5.74) is 4.79. The van der Waals surface area contributed by atoms with Crippen molar-refractivity contribution in [3.05, 3.63) is 0 Å². The fourth-order valence-electron chi connectivity index (χ4n) is 2.99. The van der Waals surface area contributed by atoms with E-state index in [1.807, 2.05) is 4.90 Å². The third kappa shape index (κ3) is 3.45. The minimum atomic E-state index is -1.02. The Bertz CT molecular complexity index is 345. The number of carboxylic acid groups (broad SMARTS) is 1. The summed E-state index contributed by atoms with van der Waals surface area (Å²) in [6.45, 7) is 1.91. The van der Waals surface area contributed by atoms with Crippen molar-refractivity contribution in [2.24, 2.45) is 5.73 Å². The number of carbonyl (C=O) groups is 2. The maximum atomic E-state index is 12.0. The first-order valence-corrected chi connectivity index (χ1v) is 7.04. The zero-order chi connectivity index (χ0) is 13.9. The van der Waals surface area contributed by atoms with Gasteiger partial charge in [0.05, 0.1) is 6.54 Å². The lowest BCUT2D eigenvalue weighted by Crippen LogP contribution is -2.55. The van der Waals surface area contributed by atoms with Crippen LogP contribution in [0.3, 0.4) is 0 Å². The van der Waals surface area contributed by atoms with E-state index in [4.69, 9.17) is 5.73 Å². The fraction of sp³-hybridized carbons (Fsp3) is 0.846. The zero-order valence-corrected chi connectivity index (χ0v) is 11.2. The number of amides is 1. The van der Waals surface area contributed by atoms with Crippen molar-refractivity contribution in [2.75, 3.05) is 19.6 Å². The van der Waals surface area contributed by atoms with E-state index in [0.717, 1.165) is 38.8 Å². The molecule has 0 bridgehead atoms. The molecule has 4 N–H and O–H groups in total. The summed E-state index contributed by atoms with van der Waals surface area (Å²) in [5, 5.41) is 12.0. The van der Waals surface area contributed by atoms with Crippen molar-refractivity contribution in [2.45, 2.75) is 50.1 Å². The number of hydrogen-bond acceptors (Lipinski definition) is 4. The molecule has 1 amide bonds. The first kappa shape index (κ1) is 14.3. The highest BCUT2D eigenvalue weighted by atomic mass is 16.4. The van der Waals surface area contributed by atoms with E-state index in [0.29, 0.717) is 12.8 Å². The molecule has 0 aromatic carbocycles. The summed E-state index contributed by atoms with van der Waals surface area (Å²) in [7, 11) is 0. The molecule has 1 saturated heterocycles. The molecular weight excluding hydrogens is 246 g/mol. The van der Waals surface area contributed by atoms with Gasteiger partial charge in [0.25, 0.3) is 0 Å². The summed E-state index contributed by atoms with van der Waals surface area (Å²) in [5.74, 6) is -1.08. The van der Waals surface area contributed by atoms with Gasteiger partial charge in [0, 0.05) is 19.1 Å². The van der Waals surface area contributed by atoms with Crippen LogP contribution in [0.4, 0.5) is 0 Å². The second-order valence-corrected chi connectivity index (χ2v) is 5.76. The number of hydrogen-bond donors (Lipinski definition) is 3. The lowest BCUT2D eigenvalue weighted by Gasteiger charge is -2.31. The number of carbonyl (C=O) groups excluding carboxylic acids is 1. The molecule has 1 aliphatic heterocycles. The van der Waals surface area contributed by atoms with Gasteiger partial charge in [-0.2, -0.15) is 0 Å². The van der Waals surface area contributed by atoms with Gasteiger partial charge in [-0.25, -0.2) is 4.79 Å². The minimum absolute atomic E-state index is 0.181. The lowest BCUT2D eigenvalue weighted by atomic mass is 9.98. The monoisotopic (exact) mass is 269 g/mol. The zero-order valence-electron chi connectivity index (χ0n) is 11.2. The summed E-state index contributed by atoms with van der Waals surface area (Å²) in [4.78, 5) is 25.4. The molecule has 19 heavy (non-hydrogen) atoms. The summed E-state index contributed by atoms with van der Waals surface area (Å²) >= 11 is 0. The number of nitrogens with two attached hydrogens (primary N) is 1. The Morgan fingerprint density at radius 3 is 2.37 bits per heavy atom. The van der Waals surface area contributed by atoms with Crippen LogP contribution in [0.2, 0.25) is 0 Å². The number of likely N-dealkylation sites (tertiary alicyclic amines) is 1. The van der Waals surface area contributed by atoms with E-state index in [-0.39, 0.29) is 18.5 Å². The van der Waals surface area contributed by atoms with Crippen molar-refractivity contribution in [1.29, 1.82) is 0 Å². The second-order valence-electron chi connectivity index (χ2n) is 5.76. The minimum Gasteiger partial charge on any atom is -0.480 e. The molecule has 1 saturated carbocycles. The van der Waals surface area contributed by atoms with E-state index < -0.39 is 11.5 Å². The molecule has 2 rings (SSSR count). The molecule has 0 radical (unpaired) electrons. The predicted octanol–water partition coefficient (Wildman–Crippen LogP) is -0.0769. The van der Waals surface area contributed by atoms with Crippen LogP contribution in [-0.2, 0) is 9.59 Å². The van der Waals surface area contributed by atoms with Crippen LogP contribution in [0.15, 0.2) is 0 Å². The van der Waals surface area contributed by atoms with Crippen molar-refractivity contribution in [3.8, 4) is 0 Å². The molecule has 2 aliphatic rings. The summed E-state index contributed by atoms with van der Waals surface area (Å²) in [6, 6.07) is 0.236. The van der Waals surface area contributed by atoms with Crippen molar-refractivity contribution >= 4 is 11.9 Å². The third-order valence-corrected chi connectivity index (χ3v) is 4.24. The molecule has 0 spiro atoms. The molecule has 0 aromatic heterocycles. The number of nitrogens with one attached hydrogen (secondary N) is 1. The molecule has 0 unspecified atom stereocenters. The van der Waals surface area contributed by atoms with Gasteiger partial charge >= 0.3 is 5.97 Å². The van der Waals surface area contributed by atoms with Crippen molar-refractivity contribution < 1.29 is 14.7 Å². The van der Waals surface area contributed by atoms with Gasteiger partial charge < -0.3 is 16.2 Å². The first-order valence-electron chi connectivity index (χ1n) is 7.04. The highest BCUT2D eigenvalue weighted by Crippen LogP contribution is 2.29. The van der Waals surface area contributed by atoms with Crippen LogP contribution >= 0.6 is 0 Å². The Labute approximate surface area is 113 Å². The van der Waals surface area contributed by atoms with Crippen LogP contribution in [0.25, 0.3) is 0 Å². The molecule has 108 valence electrons. The van der Waals surface area contributed by atoms with Gasteiger partial charge in [-0.05, 0) is 25.7 Å². The molecular formula is C13H23N3O3. The quantitative estimate of drug-likeness (QED) is 0.663. The molecule has 2 fully saturated rings. The maximum absolute atomic E-state index is 12.0. The first-order chi connectivity index (χ1) is 9.02. The van der Waals surface area contributed by atoms with E-state index >= 15 is 0 Å².